The number of ether oxygens (including phenoxy) is 1. The summed E-state index contributed by atoms with van der Waals surface area (Å²) in [6.45, 7) is 8.65. The lowest BCUT2D eigenvalue weighted by Gasteiger charge is -2.32. The van der Waals surface area contributed by atoms with Crippen LogP contribution in [0, 0.1) is 6.92 Å². The molecule has 2 aromatic carbocycles. The molecule has 1 amide bonds. The highest BCUT2D eigenvalue weighted by Gasteiger charge is 2.30. The number of hydrogen-bond acceptors (Lipinski definition) is 4. The Morgan fingerprint density at radius 3 is 2.63 bits per heavy atom. The first kappa shape index (κ1) is 22.6. The molecule has 0 radical (unpaired) electrons. The van der Waals surface area contributed by atoms with E-state index in [4.69, 9.17) is 4.74 Å². The summed E-state index contributed by atoms with van der Waals surface area (Å²) < 4.78 is 5.95. The fourth-order valence-electron chi connectivity index (χ4n) is 4.31. The second-order valence-electron chi connectivity index (χ2n) is 8.17. The topological polar surface area (TPSA) is 44.8 Å². The maximum Gasteiger partial charge on any atom is 0.227 e. The Kier molecular flexibility index (Phi) is 8.14. The minimum absolute atomic E-state index is 0. The van der Waals surface area contributed by atoms with Crippen LogP contribution in [0.15, 0.2) is 48.5 Å². The highest BCUT2D eigenvalue weighted by Crippen LogP contribution is 2.20. The fraction of sp³-hybridized carbons (Fsp3) is 0.458. The predicted molar refractivity (Wildman–Crippen MR) is 122 cm³/mol. The molecule has 1 atom stereocenters. The maximum absolute atomic E-state index is 12.8. The zero-order valence-corrected chi connectivity index (χ0v) is 18.5. The molecule has 2 fully saturated rings. The first-order valence-corrected chi connectivity index (χ1v) is 10.7. The number of carbonyl (C=O) groups is 1. The van der Waals surface area contributed by atoms with Crippen LogP contribution in [0.1, 0.15) is 23.1 Å². The van der Waals surface area contributed by atoms with Gasteiger partial charge in [0, 0.05) is 45.3 Å². The molecule has 2 aliphatic heterocycles. The summed E-state index contributed by atoms with van der Waals surface area (Å²) in [7, 11) is 0. The smallest absolute Gasteiger partial charge is 0.227 e. The third kappa shape index (κ3) is 5.97. The highest BCUT2D eigenvalue weighted by molar-refractivity contribution is 5.85. The van der Waals surface area contributed by atoms with Crippen LogP contribution in [0.25, 0.3) is 0 Å². The molecular formula is C24H32ClN3O2. The van der Waals surface area contributed by atoms with Gasteiger partial charge in [-0.3, -0.25) is 9.69 Å². The lowest BCUT2D eigenvalue weighted by Crippen LogP contribution is -2.49. The van der Waals surface area contributed by atoms with E-state index in [1.807, 2.05) is 35.2 Å². The summed E-state index contributed by atoms with van der Waals surface area (Å²) in [6.07, 6.45) is 1.53. The number of amides is 1. The first-order chi connectivity index (χ1) is 14.2. The Morgan fingerprint density at radius 2 is 1.83 bits per heavy atom. The zero-order chi connectivity index (χ0) is 20.1. The van der Waals surface area contributed by atoms with Crippen LogP contribution < -0.4 is 10.1 Å². The summed E-state index contributed by atoms with van der Waals surface area (Å²) in [6, 6.07) is 16.8. The normalized spacial score (nSPS) is 19.4. The number of hydrogen-bond donors (Lipinski definition) is 1. The second-order valence-corrected chi connectivity index (χ2v) is 8.17. The molecule has 4 rings (SSSR count). The van der Waals surface area contributed by atoms with E-state index in [0.29, 0.717) is 19.1 Å². The second kappa shape index (κ2) is 10.8. The van der Waals surface area contributed by atoms with Crippen molar-refractivity contribution in [3.63, 3.8) is 0 Å². The molecule has 2 saturated heterocycles. The lowest BCUT2D eigenvalue weighted by atomic mass is 10.1. The average molecular weight is 430 g/mol. The van der Waals surface area contributed by atoms with Crippen LogP contribution in [0.5, 0.6) is 5.75 Å². The molecule has 2 aromatic rings. The van der Waals surface area contributed by atoms with E-state index < -0.39 is 0 Å². The van der Waals surface area contributed by atoms with E-state index in [1.54, 1.807) is 0 Å². The van der Waals surface area contributed by atoms with Gasteiger partial charge >= 0.3 is 0 Å². The van der Waals surface area contributed by atoms with Crippen LogP contribution in [0.2, 0.25) is 0 Å². The molecule has 0 saturated carbocycles. The highest BCUT2D eigenvalue weighted by atomic mass is 35.5. The minimum Gasteiger partial charge on any atom is -0.489 e. The van der Waals surface area contributed by atoms with Crippen molar-refractivity contribution in [3.8, 4) is 5.75 Å². The van der Waals surface area contributed by atoms with Crippen LogP contribution in [-0.2, 0) is 17.8 Å². The monoisotopic (exact) mass is 429 g/mol. The van der Waals surface area contributed by atoms with Gasteiger partial charge in [-0.2, -0.15) is 0 Å². The van der Waals surface area contributed by atoms with Gasteiger partial charge in [0.25, 0.3) is 0 Å². The molecule has 0 bridgehead atoms. The molecule has 0 aromatic heterocycles. The number of carbonyl (C=O) groups excluding carboxylic acids is 1. The van der Waals surface area contributed by atoms with Gasteiger partial charge in [-0.15, -0.1) is 12.4 Å². The number of aryl methyl sites for hydroxylation is 1. The van der Waals surface area contributed by atoms with E-state index in [2.05, 4.69) is 35.3 Å². The van der Waals surface area contributed by atoms with E-state index in [1.165, 1.54) is 5.56 Å². The van der Waals surface area contributed by atoms with Crippen LogP contribution in [0.4, 0.5) is 0 Å². The first-order valence-electron chi connectivity index (χ1n) is 10.7. The molecule has 30 heavy (non-hydrogen) atoms. The van der Waals surface area contributed by atoms with Crippen molar-refractivity contribution >= 4 is 18.3 Å². The predicted octanol–water partition coefficient (Wildman–Crippen LogP) is 3.04. The standard InChI is InChI=1S/C24H31N3O2.ClH/c1-19-4-2-6-21(14-19)18-29-23-7-3-5-20(15-23)16-24(28)27-11-8-22(17-27)26-12-9-25-10-13-26;/h2-7,14-15,22,25H,8-13,16-18H2,1H3;1H. The minimum atomic E-state index is 0. The van der Waals surface area contributed by atoms with Gasteiger partial charge in [0.15, 0.2) is 0 Å². The van der Waals surface area contributed by atoms with Crippen molar-refractivity contribution in [2.45, 2.75) is 32.4 Å². The van der Waals surface area contributed by atoms with Gasteiger partial charge in [-0.25, -0.2) is 0 Å². The number of nitrogens with zero attached hydrogens (tertiary/aromatic N) is 2. The van der Waals surface area contributed by atoms with Gasteiger partial charge in [-0.1, -0.05) is 42.0 Å². The third-order valence-electron chi connectivity index (χ3n) is 5.93. The van der Waals surface area contributed by atoms with Crippen LogP contribution in [0.3, 0.4) is 0 Å². The van der Waals surface area contributed by atoms with Gasteiger partial charge in [0.1, 0.15) is 12.4 Å². The molecule has 6 heteroatoms. The molecule has 0 spiro atoms. The quantitative estimate of drug-likeness (QED) is 0.766. The molecule has 5 nitrogen and oxygen atoms in total. The summed E-state index contributed by atoms with van der Waals surface area (Å²) in [5, 5.41) is 3.40. The van der Waals surface area contributed by atoms with Crippen molar-refractivity contribution < 1.29 is 9.53 Å². The van der Waals surface area contributed by atoms with Crippen molar-refractivity contribution in [1.29, 1.82) is 0 Å². The Morgan fingerprint density at radius 1 is 1.07 bits per heavy atom. The van der Waals surface area contributed by atoms with Crippen molar-refractivity contribution in [3.05, 3.63) is 65.2 Å². The van der Waals surface area contributed by atoms with Gasteiger partial charge in [0.05, 0.1) is 6.42 Å². The lowest BCUT2D eigenvalue weighted by molar-refractivity contribution is -0.129. The summed E-state index contributed by atoms with van der Waals surface area (Å²) in [5.74, 6) is 1.04. The number of likely N-dealkylation sites (tertiary alicyclic amines) is 1. The number of benzene rings is 2. The SMILES string of the molecule is Cc1cccc(COc2cccc(CC(=O)N3CCC(N4CCNCC4)C3)c2)c1.Cl. The number of rotatable bonds is 6. The molecule has 2 aliphatic rings. The van der Waals surface area contributed by atoms with Gasteiger partial charge in [0.2, 0.25) is 5.91 Å². The Bertz CT molecular complexity index is 839. The molecule has 1 unspecified atom stereocenters. The van der Waals surface area contributed by atoms with Crippen LogP contribution in [-0.4, -0.2) is 61.0 Å². The number of nitrogens with one attached hydrogen (secondary N) is 1. The Balaban J connectivity index is 0.00000256. The summed E-state index contributed by atoms with van der Waals surface area (Å²) in [4.78, 5) is 17.4. The van der Waals surface area contributed by atoms with Crippen molar-refractivity contribution in [2.75, 3.05) is 39.3 Å². The fourth-order valence-corrected chi connectivity index (χ4v) is 4.31. The van der Waals surface area contributed by atoms with Gasteiger partial charge in [-0.05, 0) is 36.6 Å². The molecule has 0 aliphatic carbocycles. The van der Waals surface area contributed by atoms with Gasteiger partial charge < -0.3 is 15.0 Å². The van der Waals surface area contributed by atoms with Crippen LogP contribution >= 0.6 is 12.4 Å². The summed E-state index contributed by atoms with van der Waals surface area (Å²) >= 11 is 0. The van der Waals surface area contributed by atoms with Crippen molar-refractivity contribution in [2.24, 2.45) is 0 Å². The molecule has 2 heterocycles. The maximum atomic E-state index is 12.8. The average Bonchev–Trinajstić information content (AvgIpc) is 3.24. The largest absolute Gasteiger partial charge is 0.489 e. The number of piperazine rings is 1. The Labute approximate surface area is 185 Å². The van der Waals surface area contributed by atoms with Crippen molar-refractivity contribution in [1.82, 2.24) is 15.1 Å². The third-order valence-corrected chi connectivity index (χ3v) is 5.93. The Hall–Kier alpha value is -2.08. The molecule has 1 N–H and O–H groups in total. The van der Waals surface area contributed by atoms with E-state index in [0.717, 1.165) is 62.6 Å². The molecular weight excluding hydrogens is 398 g/mol. The van der Waals surface area contributed by atoms with E-state index in [-0.39, 0.29) is 18.3 Å². The van der Waals surface area contributed by atoms with E-state index >= 15 is 0 Å². The zero-order valence-electron chi connectivity index (χ0n) is 17.7. The number of halogens is 1. The summed E-state index contributed by atoms with van der Waals surface area (Å²) in [5.41, 5.74) is 3.40. The van der Waals surface area contributed by atoms with E-state index in [9.17, 15) is 4.79 Å². The molecule has 162 valence electrons.